The molecule has 0 spiro atoms. The minimum atomic E-state index is -1.17. The molecule has 0 saturated carbocycles. The van der Waals surface area contributed by atoms with Crippen LogP contribution in [0.25, 0.3) is 0 Å². The van der Waals surface area contributed by atoms with Crippen LogP contribution in [0.15, 0.2) is 30.3 Å². The molecule has 1 amide bonds. The van der Waals surface area contributed by atoms with Crippen molar-refractivity contribution < 1.29 is 15.0 Å². The summed E-state index contributed by atoms with van der Waals surface area (Å²) in [4.78, 5) is 10.6. The van der Waals surface area contributed by atoms with Gasteiger partial charge in [-0.2, -0.15) is 0 Å². The Balaban J connectivity index is 2.97. The summed E-state index contributed by atoms with van der Waals surface area (Å²) in [6.07, 6.45) is -0.686. The molecule has 2 unspecified atom stereocenters. The lowest BCUT2D eigenvalue weighted by Crippen LogP contribution is -2.48. The van der Waals surface area contributed by atoms with Crippen LogP contribution in [-0.2, 0) is 5.60 Å². The highest BCUT2D eigenvalue weighted by atomic mass is 16.4. The number of hydrogen-bond donors (Lipinski definition) is 3. The number of hydrogen-bond acceptors (Lipinski definition) is 2. The summed E-state index contributed by atoms with van der Waals surface area (Å²) in [7, 11) is 0. The third-order valence-electron chi connectivity index (χ3n) is 2.87. The Hall–Kier alpha value is -1.55. The van der Waals surface area contributed by atoms with E-state index in [-0.39, 0.29) is 0 Å². The van der Waals surface area contributed by atoms with E-state index < -0.39 is 17.7 Å². The van der Waals surface area contributed by atoms with Crippen molar-refractivity contribution in [2.24, 2.45) is 0 Å². The average molecular weight is 223 g/mol. The molecule has 0 aromatic heterocycles. The van der Waals surface area contributed by atoms with Crippen molar-refractivity contribution in [1.29, 1.82) is 0 Å². The monoisotopic (exact) mass is 223 g/mol. The predicted octanol–water partition coefficient (Wildman–Crippen LogP) is 1.94. The Morgan fingerprint density at radius 1 is 1.44 bits per heavy atom. The molecule has 1 aromatic carbocycles. The van der Waals surface area contributed by atoms with Crippen molar-refractivity contribution in [1.82, 2.24) is 5.32 Å². The van der Waals surface area contributed by atoms with Crippen molar-refractivity contribution in [2.45, 2.75) is 31.9 Å². The van der Waals surface area contributed by atoms with E-state index in [9.17, 15) is 9.90 Å². The first kappa shape index (κ1) is 12.5. The van der Waals surface area contributed by atoms with Crippen LogP contribution in [-0.4, -0.2) is 22.3 Å². The van der Waals surface area contributed by atoms with Gasteiger partial charge in [0.05, 0.1) is 6.04 Å². The van der Waals surface area contributed by atoms with Gasteiger partial charge in [-0.3, -0.25) is 0 Å². The first-order valence-electron chi connectivity index (χ1n) is 5.28. The van der Waals surface area contributed by atoms with Gasteiger partial charge in [0.25, 0.3) is 0 Å². The highest BCUT2D eigenvalue weighted by molar-refractivity contribution is 5.65. The SMILES string of the molecule is CCC(O)(c1ccccc1)C(C)NC(=O)O. The lowest BCUT2D eigenvalue weighted by Gasteiger charge is -2.33. The molecule has 0 aliphatic rings. The van der Waals surface area contributed by atoms with E-state index in [4.69, 9.17) is 5.11 Å². The van der Waals surface area contributed by atoms with Crippen molar-refractivity contribution in [2.75, 3.05) is 0 Å². The lowest BCUT2D eigenvalue weighted by atomic mass is 9.85. The highest BCUT2D eigenvalue weighted by Gasteiger charge is 2.34. The van der Waals surface area contributed by atoms with Crippen LogP contribution in [0.3, 0.4) is 0 Å². The minimum absolute atomic E-state index is 0.443. The summed E-state index contributed by atoms with van der Waals surface area (Å²) in [5, 5.41) is 21.4. The van der Waals surface area contributed by atoms with Crippen LogP contribution >= 0.6 is 0 Å². The maximum Gasteiger partial charge on any atom is 0.404 e. The molecular weight excluding hydrogens is 206 g/mol. The Morgan fingerprint density at radius 2 is 2.00 bits per heavy atom. The van der Waals surface area contributed by atoms with E-state index in [1.165, 1.54) is 0 Å². The number of carboxylic acid groups (broad SMARTS) is 1. The van der Waals surface area contributed by atoms with E-state index in [0.29, 0.717) is 6.42 Å². The maximum atomic E-state index is 10.6. The van der Waals surface area contributed by atoms with Crippen molar-refractivity contribution in [3.63, 3.8) is 0 Å². The molecule has 4 heteroatoms. The molecule has 0 heterocycles. The van der Waals surface area contributed by atoms with Crippen LogP contribution in [0.2, 0.25) is 0 Å². The second-order valence-corrected chi connectivity index (χ2v) is 3.82. The van der Waals surface area contributed by atoms with Gasteiger partial charge in [-0.25, -0.2) is 4.79 Å². The van der Waals surface area contributed by atoms with E-state index in [1.807, 2.05) is 25.1 Å². The van der Waals surface area contributed by atoms with Gasteiger partial charge >= 0.3 is 6.09 Å². The molecule has 88 valence electrons. The molecular formula is C12H17NO3. The number of rotatable bonds is 4. The lowest BCUT2D eigenvalue weighted by molar-refractivity contribution is -0.000104. The van der Waals surface area contributed by atoms with Gasteiger partial charge in [0, 0.05) is 0 Å². The molecule has 1 rings (SSSR count). The van der Waals surface area contributed by atoms with Gasteiger partial charge in [-0.1, -0.05) is 37.3 Å². The number of carbonyl (C=O) groups is 1. The van der Waals surface area contributed by atoms with Crippen molar-refractivity contribution >= 4 is 6.09 Å². The Morgan fingerprint density at radius 3 is 2.44 bits per heavy atom. The smallest absolute Gasteiger partial charge is 0.404 e. The Bertz CT molecular complexity index is 353. The highest BCUT2D eigenvalue weighted by Crippen LogP contribution is 2.28. The minimum Gasteiger partial charge on any atom is -0.465 e. The van der Waals surface area contributed by atoms with Gasteiger partial charge in [0.1, 0.15) is 5.60 Å². The molecule has 2 atom stereocenters. The van der Waals surface area contributed by atoms with Gasteiger partial charge in [0.15, 0.2) is 0 Å². The van der Waals surface area contributed by atoms with Crippen molar-refractivity contribution in [3.05, 3.63) is 35.9 Å². The number of amides is 1. The van der Waals surface area contributed by atoms with E-state index in [1.54, 1.807) is 19.1 Å². The molecule has 16 heavy (non-hydrogen) atoms. The standard InChI is InChI=1S/C12H17NO3/c1-3-12(16,9(2)13-11(14)15)10-7-5-4-6-8-10/h4-9,13,16H,3H2,1-2H3,(H,14,15). The van der Waals surface area contributed by atoms with Crippen LogP contribution in [0.5, 0.6) is 0 Å². The number of nitrogens with one attached hydrogen (secondary N) is 1. The van der Waals surface area contributed by atoms with Crippen LogP contribution in [0.4, 0.5) is 4.79 Å². The van der Waals surface area contributed by atoms with Gasteiger partial charge in [0.2, 0.25) is 0 Å². The summed E-state index contributed by atoms with van der Waals surface area (Å²) in [6, 6.07) is 8.53. The summed E-state index contributed by atoms with van der Waals surface area (Å²) in [5.41, 5.74) is -0.446. The first-order valence-corrected chi connectivity index (χ1v) is 5.28. The summed E-state index contributed by atoms with van der Waals surface area (Å²) in [6.45, 7) is 3.48. The average Bonchev–Trinajstić information content (AvgIpc) is 2.28. The number of benzene rings is 1. The molecule has 0 aliphatic carbocycles. The van der Waals surface area contributed by atoms with E-state index >= 15 is 0 Å². The quantitative estimate of drug-likeness (QED) is 0.730. The summed E-state index contributed by atoms with van der Waals surface area (Å²) < 4.78 is 0. The third-order valence-corrected chi connectivity index (χ3v) is 2.87. The van der Waals surface area contributed by atoms with Gasteiger partial charge in [-0.15, -0.1) is 0 Å². The fourth-order valence-electron chi connectivity index (χ4n) is 1.79. The molecule has 0 saturated heterocycles. The second kappa shape index (κ2) is 4.99. The van der Waals surface area contributed by atoms with Crippen LogP contribution in [0.1, 0.15) is 25.8 Å². The largest absolute Gasteiger partial charge is 0.465 e. The molecule has 0 aliphatic heterocycles. The molecule has 4 nitrogen and oxygen atoms in total. The zero-order valence-electron chi connectivity index (χ0n) is 9.47. The zero-order chi connectivity index (χ0) is 12.2. The fourth-order valence-corrected chi connectivity index (χ4v) is 1.79. The van der Waals surface area contributed by atoms with E-state index in [2.05, 4.69) is 5.32 Å². The van der Waals surface area contributed by atoms with Gasteiger partial charge in [-0.05, 0) is 18.9 Å². The summed E-state index contributed by atoms with van der Waals surface area (Å²) in [5.74, 6) is 0. The topological polar surface area (TPSA) is 69.6 Å². The van der Waals surface area contributed by atoms with Crippen LogP contribution in [0, 0.1) is 0 Å². The van der Waals surface area contributed by atoms with Crippen LogP contribution < -0.4 is 5.32 Å². The van der Waals surface area contributed by atoms with E-state index in [0.717, 1.165) is 5.56 Å². The van der Waals surface area contributed by atoms with Gasteiger partial charge < -0.3 is 15.5 Å². The molecule has 0 bridgehead atoms. The molecule has 3 N–H and O–H groups in total. The third kappa shape index (κ3) is 2.52. The normalized spacial score (nSPS) is 16.2. The fraction of sp³-hybridized carbons (Fsp3) is 0.417. The summed E-state index contributed by atoms with van der Waals surface area (Å²) >= 11 is 0. The molecule has 0 fully saturated rings. The zero-order valence-corrected chi connectivity index (χ0v) is 9.47. The second-order valence-electron chi connectivity index (χ2n) is 3.82. The molecule has 1 aromatic rings. The van der Waals surface area contributed by atoms with Crippen molar-refractivity contribution in [3.8, 4) is 0 Å². The Labute approximate surface area is 94.9 Å². The predicted molar refractivity (Wildman–Crippen MR) is 61.3 cm³/mol. The first-order chi connectivity index (χ1) is 7.50. The molecule has 0 radical (unpaired) electrons. The number of aliphatic hydroxyl groups is 1. The maximum absolute atomic E-state index is 10.6. The Kier molecular flexibility index (Phi) is 3.90.